The molecule has 0 fully saturated rings. The van der Waals surface area contributed by atoms with E-state index < -0.39 is 0 Å². The molecule has 0 radical (unpaired) electrons. The average Bonchev–Trinajstić information content (AvgIpc) is 2.70. The van der Waals surface area contributed by atoms with Crippen molar-refractivity contribution in [3.63, 3.8) is 0 Å². The highest BCUT2D eigenvalue weighted by Gasteiger charge is 2.19. The number of fused-ring (bicyclic) bond motifs is 3. The third kappa shape index (κ3) is 2.85. The van der Waals surface area contributed by atoms with Gasteiger partial charge in [-0.05, 0) is 48.4 Å². The van der Waals surface area contributed by atoms with Gasteiger partial charge in [-0.25, -0.2) is 4.98 Å². The number of hydrogen-bond acceptors (Lipinski definition) is 3. The Kier molecular flexibility index (Phi) is 4.36. The first-order valence-corrected chi connectivity index (χ1v) is 9.27. The standard InChI is InChI=1S/C22H21N3O2/c1-3-11-24(4-2)21(26)17-10-7-12-25-20(17)23-19-14-16-9-6-5-8-15(16)13-18(19)22(25)27/h5-10,12-14H,3-4,11H2,1-2H3. The number of rotatable bonds is 4. The first kappa shape index (κ1) is 17.2. The molecular formula is C22H21N3O2. The fourth-order valence-corrected chi connectivity index (χ4v) is 3.52. The van der Waals surface area contributed by atoms with Crippen LogP contribution >= 0.6 is 0 Å². The Morgan fingerprint density at radius 3 is 2.52 bits per heavy atom. The molecule has 0 spiro atoms. The van der Waals surface area contributed by atoms with E-state index in [-0.39, 0.29) is 11.5 Å². The van der Waals surface area contributed by atoms with E-state index in [4.69, 9.17) is 4.98 Å². The van der Waals surface area contributed by atoms with E-state index in [1.807, 2.05) is 50.2 Å². The smallest absolute Gasteiger partial charge is 0.265 e. The van der Waals surface area contributed by atoms with Crippen LogP contribution in [0.1, 0.15) is 30.6 Å². The summed E-state index contributed by atoms with van der Waals surface area (Å²) in [7, 11) is 0. The Balaban J connectivity index is 2.01. The lowest BCUT2D eigenvalue weighted by molar-refractivity contribution is 0.0765. The molecule has 2 aromatic carbocycles. The van der Waals surface area contributed by atoms with E-state index in [9.17, 15) is 9.59 Å². The lowest BCUT2D eigenvalue weighted by Crippen LogP contribution is -2.32. The largest absolute Gasteiger partial charge is 0.339 e. The van der Waals surface area contributed by atoms with Gasteiger partial charge in [-0.1, -0.05) is 31.2 Å². The monoisotopic (exact) mass is 359 g/mol. The second-order valence-corrected chi connectivity index (χ2v) is 6.63. The third-order valence-corrected chi connectivity index (χ3v) is 4.90. The average molecular weight is 359 g/mol. The van der Waals surface area contributed by atoms with Crippen LogP contribution in [0.5, 0.6) is 0 Å². The molecule has 0 aliphatic rings. The molecule has 1 amide bonds. The van der Waals surface area contributed by atoms with Gasteiger partial charge >= 0.3 is 0 Å². The molecule has 0 saturated heterocycles. The molecule has 0 atom stereocenters. The molecule has 0 N–H and O–H groups in total. The van der Waals surface area contributed by atoms with Crippen LogP contribution in [0.3, 0.4) is 0 Å². The minimum absolute atomic E-state index is 0.0931. The van der Waals surface area contributed by atoms with E-state index in [2.05, 4.69) is 0 Å². The van der Waals surface area contributed by atoms with Gasteiger partial charge in [0.15, 0.2) is 5.65 Å². The van der Waals surface area contributed by atoms with Crippen molar-refractivity contribution in [3.05, 3.63) is 70.6 Å². The van der Waals surface area contributed by atoms with Crippen LogP contribution in [0.25, 0.3) is 27.3 Å². The molecule has 0 saturated carbocycles. The molecule has 2 heterocycles. The van der Waals surface area contributed by atoms with Crippen molar-refractivity contribution in [1.29, 1.82) is 0 Å². The van der Waals surface area contributed by atoms with Gasteiger partial charge in [-0.2, -0.15) is 0 Å². The minimum Gasteiger partial charge on any atom is -0.339 e. The minimum atomic E-state index is -0.158. The number of amides is 1. The first-order chi connectivity index (χ1) is 13.1. The van der Waals surface area contributed by atoms with Crippen molar-refractivity contribution in [3.8, 4) is 0 Å². The maximum absolute atomic E-state index is 13.1. The number of carbonyl (C=O) groups is 1. The van der Waals surface area contributed by atoms with Crippen LogP contribution in [0.15, 0.2) is 59.5 Å². The van der Waals surface area contributed by atoms with Crippen LogP contribution < -0.4 is 5.56 Å². The topological polar surface area (TPSA) is 54.7 Å². The molecule has 0 aliphatic carbocycles. The molecule has 5 heteroatoms. The Morgan fingerprint density at radius 2 is 1.81 bits per heavy atom. The molecular weight excluding hydrogens is 338 g/mol. The zero-order valence-corrected chi connectivity index (χ0v) is 15.5. The van der Waals surface area contributed by atoms with Gasteiger partial charge in [0.25, 0.3) is 11.5 Å². The summed E-state index contributed by atoms with van der Waals surface area (Å²) in [5, 5.41) is 2.57. The van der Waals surface area contributed by atoms with Gasteiger partial charge in [-0.15, -0.1) is 0 Å². The van der Waals surface area contributed by atoms with Crippen LogP contribution in [-0.4, -0.2) is 33.3 Å². The van der Waals surface area contributed by atoms with Crippen molar-refractivity contribution >= 4 is 33.2 Å². The van der Waals surface area contributed by atoms with E-state index in [0.29, 0.717) is 35.2 Å². The van der Waals surface area contributed by atoms with Crippen LogP contribution in [-0.2, 0) is 0 Å². The Bertz CT molecular complexity index is 1230. The van der Waals surface area contributed by atoms with Gasteiger partial charge in [0, 0.05) is 19.3 Å². The number of carbonyl (C=O) groups excluding carboxylic acids is 1. The van der Waals surface area contributed by atoms with Crippen molar-refractivity contribution in [2.45, 2.75) is 20.3 Å². The van der Waals surface area contributed by atoms with Crippen LogP contribution in [0, 0.1) is 0 Å². The highest BCUT2D eigenvalue weighted by molar-refractivity contribution is 6.02. The molecule has 2 aromatic heterocycles. The van der Waals surface area contributed by atoms with Gasteiger partial charge < -0.3 is 4.90 Å². The number of benzene rings is 2. The van der Waals surface area contributed by atoms with E-state index in [0.717, 1.165) is 17.2 Å². The fraction of sp³-hybridized carbons (Fsp3) is 0.227. The maximum atomic E-state index is 13.1. The summed E-state index contributed by atoms with van der Waals surface area (Å²) in [6, 6.07) is 15.1. The quantitative estimate of drug-likeness (QED) is 0.520. The summed E-state index contributed by atoms with van der Waals surface area (Å²) >= 11 is 0. The zero-order valence-electron chi connectivity index (χ0n) is 15.5. The van der Waals surface area contributed by atoms with E-state index >= 15 is 0 Å². The summed E-state index contributed by atoms with van der Waals surface area (Å²) in [6.07, 6.45) is 2.55. The summed E-state index contributed by atoms with van der Waals surface area (Å²) in [5.41, 5.74) is 1.32. The van der Waals surface area contributed by atoms with E-state index in [1.165, 1.54) is 4.40 Å². The predicted molar refractivity (Wildman–Crippen MR) is 108 cm³/mol. The Labute approximate surface area is 156 Å². The molecule has 5 nitrogen and oxygen atoms in total. The summed E-state index contributed by atoms with van der Waals surface area (Å²) in [6.45, 7) is 5.30. The lowest BCUT2D eigenvalue weighted by atomic mass is 10.1. The number of aromatic nitrogens is 2. The highest BCUT2D eigenvalue weighted by Crippen LogP contribution is 2.21. The first-order valence-electron chi connectivity index (χ1n) is 9.27. The summed E-state index contributed by atoms with van der Waals surface area (Å²) in [5.74, 6) is -0.0931. The normalized spacial score (nSPS) is 11.3. The van der Waals surface area contributed by atoms with Crippen molar-refractivity contribution in [1.82, 2.24) is 14.3 Å². The molecule has 136 valence electrons. The molecule has 0 unspecified atom stereocenters. The summed E-state index contributed by atoms with van der Waals surface area (Å²) < 4.78 is 1.48. The SMILES string of the molecule is CCCN(CC)C(=O)c1cccn2c(=O)c3cc4ccccc4cc3nc12. The van der Waals surface area contributed by atoms with Gasteiger partial charge in [0.1, 0.15) is 0 Å². The lowest BCUT2D eigenvalue weighted by Gasteiger charge is -2.20. The number of nitrogens with zero attached hydrogens (tertiary/aromatic N) is 3. The second-order valence-electron chi connectivity index (χ2n) is 6.63. The maximum Gasteiger partial charge on any atom is 0.265 e. The summed E-state index contributed by atoms with van der Waals surface area (Å²) in [4.78, 5) is 32.6. The predicted octanol–water partition coefficient (Wildman–Crippen LogP) is 3.87. The fourth-order valence-electron chi connectivity index (χ4n) is 3.52. The van der Waals surface area contributed by atoms with E-state index in [1.54, 1.807) is 23.2 Å². The van der Waals surface area contributed by atoms with Crippen molar-refractivity contribution in [2.24, 2.45) is 0 Å². The van der Waals surface area contributed by atoms with Gasteiger partial charge in [-0.3, -0.25) is 14.0 Å². The van der Waals surface area contributed by atoms with Crippen LogP contribution in [0.2, 0.25) is 0 Å². The third-order valence-electron chi connectivity index (χ3n) is 4.90. The number of pyridine rings is 1. The van der Waals surface area contributed by atoms with Crippen molar-refractivity contribution < 1.29 is 4.79 Å². The molecule has 4 aromatic rings. The Morgan fingerprint density at radius 1 is 1.07 bits per heavy atom. The second kappa shape index (κ2) is 6.83. The molecule has 27 heavy (non-hydrogen) atoms. The molecule has 0 aliphatic heterocycles. The van der Waals surface area contributed by atoms with Crippen LogP contribution in [0.4, 0.5) is 0 Å². The molecule has 4 rings (SSSR count). The molecule has 0 bridgehead atoms. The van der Waals surface area contributed by atoms with Crippen molar-refractivity contribution in [2.75, 3.05) is 13.1 Å². The van der Waals surface area contributed by atoms with Gasteiger partial charge in [0.05, 0.1) is 16.5 Å². The number of hydrogen-bond donors (Lipinski definition) is 0. The Hall–Kier alpha value is -3.21. The van der Waals surface area contributed by atoms with Gasteiger partial charge in [0.2, 0.25) is 0 Å². The zero-order chi connectivity index (χ0) is 19.0. The highest BCUT2D eigenvalue weighted by atomic mass is 16.2.